The van der Waals surface area contributed by atoms with Gasteiger partial charge in [0, 0.05) is 53.5 Å². The summed E-state index contributed by atoms with van der Waals surface area (Å²) in [7, 11) is 0. The molecule has 0 saturated carbocycles. The summed E-state index contributed by atoms with van der Waals surface area (Å²) < 4.78 is 6.07. The number of aryl methyl sites for hydroxylation is 1. The second-order valence-electron chi connectivity index (χ2n) is 9.94. The number of anilines is 2. The number of hydrogen-bond donors (Lipinski definition) is 2. The normalized spacial score (nSPS) is 14.5. The Bertz CT molecular complexity index is 1520. The third-order valence-corrected chi connectivity index (χ3v) is 7.10. The van der Waals surface area contributed by atoms with Crippen LogP contribution in [0.2, 0.25) is 0 Å². The van der Waals surface area contributed by atoms with Crippen molar-refractivity contribution in [2.24, 2.45) is 0 Å². The van der Waals surface area contributed by atoms with Crippen molar-refractivity contribution in [2.75, 3.05) is 23.4 Å². The molecule has 0 aliphatic carbocycles. The molecule has 1 unspecified atom stereocenters. The summed E-state index contributed by atoms with van der Waals surface area (Å²) in [4.78, 5) is 44.5. The standard InChI is InChI=1S/C33H32N4O4/c1-23-7-2-3-8-27(23)32(39)36-26-14-12-25(13-15-26)33(40)37-20-6-11-30(28-9-4-5-10-29(28)37)41-22-31(38)35-21-24-16-18-34-19-17-24/h2-5,7-10,12-19,30H,6,11,20-22H2,1H3,(H,35,38)(H,36,39). The first-order chi connectivity index (χ1) is 20.0. The van der Waals surface area contributed by atoms with Gasteiger partial charge in [-0.1, -0.05) is 36.4 Å². The van der Waals surface area contributed by atoms with Crippen molar-refractivity contribution in [1.82, 2.24) is 10.3 Å². The molecule has 2 heterocycles. The van der Waals surface area contributed by atoms with Gasteiger partial charge in [0.2, 0.25) is 5.91 Å². The van der Waals surface area contributed by atoms with Crippen molar-refractivity contribution < 1.29 is 19.1 Å². The van der Waals surface area contributed by atoms with Gasteiger partial charge in [-0.05, 0) is 79.4 Å². The second kappa shape index (κ2) is 13.0. The molecule has 0 spiro atoms. The number of aromatic nitrogens is 1. The highest BCUT2D eigenvalue weighted by Crippen LogP contribution is 2.36. The summed E-state index contributed by atoms with van der Waals surface area (Å²) in [5.74, 6) is -0.531. The third kappa shape index (κ3) is 6.85. The molecule has 1 aromatic heterocycles. The maximum Gasteiger partial charge on any atom is 0.258 e. The van der Waals surface area contributed by atoms with Crippen LogP contribution in [0.15, 0.2) is 97.3 Å². The molecule has 1 aliphatic rings. The Labute approximate surface area is 239 Å². The van der Waals surface area contributed by atoms with Crippen LogP contribution in [0.1, 0.15) is 56.4 Å². The number of para-hydroxylation sites is 1. The molecular formula is C33H32N4O4. The molecule has 8 heteroatoms. The van der Waals surface area contributed by atoms with Crippen LogP contribution < -0.4 is 15.5 Å². The lowest BCUT2D eigenvalue weighted by Crippen LogP contribution is -2.31. The number of carbonyl (C=O) groups excluding carboxylic acids is 3. The minimum Gasteiger partial charge on any atom is -0.364 e. The molecule has 3 amide bonds. The van der Waals surface area contributed by atoms with E-state index in [1.165, 1.54) is 0 Å². The number of pyridine rings is 1. The average molecular weight is 549 g/mol. The molecule has 1 atom stereocenters. The minimum absolute atomic E-state index is 0.0757. The number of hydrogen-bond acceptors (Lipinski definition) is 5. The van der Waals surface area contributed by atoms with Gasteiger partial charge in [0.25, 0.3) is 11.8 Å². The van der Waals surface area contributed by atoms with Gasteiger partial charge in [-0.25, -0.2) is 0 Å². The van der Waals surface area contributed by atoms with E-state index in [4.69, 9.17) is 4.74 Å². The topological polar surface area (TPSA) is 101 Å². The summed E-state index contributed by atoms with van der Waals surface area (Å²) in [6.45, 7) is 2.75. The number of ether oxygens (including phenoxy) is 1. The Morgan fingerprint density at radius 2 is 1.66 bits per heavy atom. The predicted octanol–water partition coefficient (Wildman–Crippen LogP) is 5.46. The number of amides is 3. The average Bonchev–Trinajstić information content (AvgIpc) is 3.19. The lowest BCUT2D eigenvalue weighted by Gasteiger charge is -2.24. The first-order valence-electron chi connectivity index (χ1n) is 13.6. The van der Waals surface area contributed by atoms with E-state index in [1.54, 1.807) is 47.6 Å². The molecule has 4 aromatic rings. The molecule has 8 nitrogen and oxygen atoms in total. The quantitative estimate of drug-likeness (QED) is 0.305. The summed E-state index contributed by atoms with van der Waals surface area (Å²) >= 11 is 0. The fourth-order valence-electron chi connectivity index (χ4n) is 4.91. The number of nitrogens with one attached hydrogen (secondary N) is 2. The van der Waals surface area contributed by atoms with Crippen LogP contribution in [0.3, 0.4) is 0 Å². The third-order valence-electron chi connectivity index (χ3n) is 7.10. The van der Waals surface area contributed by atoms with Crippen LogP contribution in [-0.4, -0.2) is 35.9 Å². The molecule has 0 bridgehead atoms. The van der Waals surface area contributed by atoms with Gasteiger partial charge < -0.3 is 20.3 Å². The van der Waals surface area contributed by atoms with Gasteiger partial charge in [-0.3, -0.25) is 19.4 Å². The monoisotopic (exact) mass is 548 g/mol. The molecule has 1 aliphatic heterocycles. The minimum atomic E-state index is -0.310. The number of fused-ring (bicyclic) bond motifs is 1. The molecule has 41 heavy (non-hydrogen) atoms. The van der Waals surface area contributed by atoms with E-state index in [-0.39, 0.29) is 30.4 Å². The van der Waals surface area contributed by atoms with E-state index in [0.717, 1.165) is 22.4 Å². The highest BCUT2D eigenvalue weighted by Gasteiger charge is 2.28. The van der Waals surface area contributed by atoms with E-state index in [9.17, 15) is 14.4 Å². The Morgan fingerprint density at radius 3 is 2.44 bits per heavy atom. The molecule has 208 valence electrons. The van der Waals surface area contributed by atoms with Crippen LogP contribution in [-0.2, 0) is 16.1 Å². The molecule has 3 aromatic carbocycles. The number of carbonyl (C=O) groups is 3. The van der Waals surface area contributed by atoms with Crippen molar-refractivity contribution in [1.29, 1.82) is 0 Å². The number of nitrogens with zero attached hydrogens (tertiary/aromatic N) is 2. The van der Waals surface area contributed by atoms with Crippen molar-refractivity contribution in [2.45, 2.75) is 32.4 Å². The number of rotatable bonds is 8. The SMILES string of the molecule is Cc1ccccc1C(=O)Nc1ccc(C(=O)N2CCCC(OCC(=O)NCc3ccncc3)c3ccccc32)cc1. The van der Waals surface area contributed by atoms with Crippen molar-refractivity contribution in [3.8, 4) is 0 Å². The van der Waals surface area contributed by atoms with Gasteiger partial charge >= 0.3 is 0 Å². The Morgan fingerprint density at radius 1 is 0.927 bits per heavy atom. The van der Waals surface area contributed by atoms with Gasteiger partial charge in [0.1, 0.15) is 6.61 Å². The van der Waals surface area contributed by atoms with E-state index in [2.05, 4.69) is 15.6 Å². The van der Waals surface area contributed by atoms with Crippen LogP contribution >= 0.6 is 0 Å². The van der Waals surface area contributed by atoms with Crippen LogP contribution in [0.4, 0.5) is 11.4 Å². The zero-order valence-corrected chi connectivity index (χ0v) is 22.9. The number of benzene rings is 3. The Hall–Kier alpha value is -4.82. The summed E-state index contributed by atoms with van der Waals surface area (Å²) in [6, 6.07) is 25.7. The Balaban J connectivity index is 1.24. The van der Waals surface area contributed by atoms with Crippen LogP contribution in [0.25, 0.3) is 0 Å². The molecule has 2 N–H and O–H groups in total. The van der Waals surface area contributed by atoms with Crippen molar-refractivity contribution >= 4 is 29.1 Å². The van der Waals surface area contributed by atoms with E-state index < -0.39 is 0 Å². The maximum atomic E-state index is 13.6. The van der Waals surface area contributed by atoms with E-state index >= 15 is 0 Å². The maximum absolute atomic E-state index is 13.6. The van der Waals surface area contributed by atoms with Crippen molar-refractivity contribution in [3.05, 3.63) is 125 Å². The van der Waals surface area contributed by atoms with Crippen LogP contribution in [0, 0.1) is 6.92 Å². The van der Waals surface area contributed by atoms with E-state index in [0.29, 0.717) is 42.7 Å². The molecule has 0 fully saturated rings. The molecule has 0 radical (unpaired) electrons. The van der Waals surface area contributed by atoms with Gasteiger partial charge in [-0.15, -0.1) is 0 Å². The highest BCUT2D eigenvalue weighted by atomic mass is 16.5. The lowest BCUT2D eigenvalue weighted by molar-refractivity contribution is -0.128. The van der Waals surface area contributed by atoms with Crippen LogP contribution in [0.5, 0.6) is 0 Å². The van der Waals surface area contributed by atoms with Gasteiger partial charge in [-0.2, -0.15) is 0 Å². The smallest absolute Gasteiger partial charge is 0.258 e. The fourth-order valence-corrected chi connectivity index (χ4v) is 4.91. The predicted molar refractivity (Wildman–Crippen MR) is 158 cm³/mol. The summed E-state index contributed by atoms with van der Waals surface area (Å²) in [6.07, 6.45) is 4.46. The van der Waals surface area contributed by atoms with Gasteiger partial charge in [0.15, 0.2) is 0 Å². The highest BCUT2D eigenvalue weighted by molar-refractivity contribution is 6.08. The summed E-state index contributed by atoms with van der Waals surface area (Å²) in [5.41, 5.74) is 5.24. The van der Waals surface area contributed by atoms with Crippen molar-refractivity contribution in [3.63, 3.8) is 0 Å². The molecule has 0 saturated heterocycles. The second-order valence-corrected chi connectivity index (χ2v) is 9.94. The summed E-state index contributed by atoms with van der Waals surface area (Å²) in [5, 5.41) is 5.77. The zero-order chi connectivity index (χ0) is 28.6. The zero-order valence-electron chi connectivity index (χ0n) is 22.9. The van der Waals surface area contributed by atoms with Gasteiger partial charge in [0.05, 0.1) is 6.10 Å². The Kier molecular flexibility index (Phi) is 8.81. The first-order valence-corrected chi connectivity index (χ1v) is 13.6. The lowest BCUT2D eigenvalue weighted by atomic mass is 10.0. The first kappa shape index (κ1) is 27.7. The molecule has 5 rings (SSSR count). The fraction of sp³-hybridized carbons (Fsp3) is 0.212. The van der Waals surface area contributed by atoms with E-state index in [1.807, 2.05) is 61.5 Å². The largest absolute Gasteiger partial charge is 0.364 e. The molecular weight excluding hydrogens is 516 g/mol.